The summed E-state index contributed by atoms with van der Waals surface area (Å²) in [5.74, 6) is 1.85. The normalized spacial score (nSPS) is 13.6. The number of pyridine rings is 1. The van der Waals surface area contributed by atoms with Gasteiger partial charge in [-0.2, -0.15) is 5.10 Å². The zero-order valence-corrected chi connectivity index (χ0v) is 15.4. The van der Waals surface area contributed by atoms with Crippen molar-refractivity contribution in [1.29, 1.82) is 0 Å². The highest BCUT2D eigenvalue weighted by Gasteiger charge is 2.27. The molecule has 132 valence electrons. The summed E-state index contributed by atoms with van der Waals surface area (Å²) in [7, 11) is 0. The lowest BCUT2D eigenvalue weighted by molar-refractivity contribution is -0.116. The first kappa shape index (κ1) is 16.7. The van der Waals surface area contributed by atoms with E-state index in [0.717, 1.165) is 15.9 Å². The number of aromatic amines is 1. The molecule has 26 heavy (non-hydrogen) atoms. The summed E-state index contributed by atoms with van der Waals surface area (Å²) in [6, 6.07) is 10.4. The average molecular weight is 414 g/mol. The molecule has 1 aliphatic carbocycles. The maximum absolute atomic E-state index is 12.2. The van der Waals surface area contributed by atoms with Crippen molar-refractivity contribution in [3.05, 3.63) is 63.2 Å². The number of hydrogen-bond donors (Lipinski definition) is 2. The van der Waals surface area contributed by atoms with Crippen molar-refractivity contribution in [2.45, 2.75) is 25.3 Å². The van der Waals surface area contributed by atoms with Gasteiger partial charge in [0.1, 0.15) is 12.4 Å². The van der Waals surface area contributed by atoms with Crippen LogP contribution in [0.5, 0.6) is 0 Å². The third-order valence-electron chi connectivity index (χ3n) is 4.15. The van der Waals surface area contributed by atoms with E-state index in [4.69, 9.17) is 0 Å². The fourth-order valence-corrected chi connectivity index (χ4v) is 3.01. The number of anilines is 1. The molecule has 4 rings (SSSR count). The van der Waals surface area contributed by atoms with Crippen molar-refractivity contribution in [2.24, 2.45) is 0 Å². The van der Waals surface area contributed by atoms with E-state index in [1.54, 1.807) is 24.4 Å². The molecule has 3 aromatic rings. The molecule has 1 amide bonds. The molecule has 0 atom stereocenters. The first-order chi connectivity index (χ1) is 12.6. The zero-order chi connectivity index (χ0) is 18.1. The lowest BCUT2D eigenvalue weighted by Gasteiger charge is -2.08. The molecule has 0 aliphatic heterocycles. The molecule has 0 unspecified atom stereocenters. The van der Waals surface area contributed by atoms with Crippen molar-refractivity contribution in [2.75, 3.05) is 5.32 Å². The van der Waals surface area contributed by atoms with Crippen LogP contribution in [0.15, 0.2) is 51.9 Å². The maximum Gasteiger partial charge on any atom is 0.251 e. The summed E-state index contributed by atoms with van der Waals surface area (Å²) in [6.07, 6.45) is 3.92. The maximum atomic E-state index is 12.2. The van der Waals surface area contributed by atoms with Crippen LogP contribution in [0.3, 0.4) is 0 Å². The van der Waals surface area contributed by atoms with Gasteiger partial charge in [-0.15, -0.1) is 0 Å². The predicted molar refractivity (Wildman–Crippen MR) is 101 cm³/mol. The number of nitrogens with one attached hydrogen (secondary N) is 2. The minimum absolute atomic E-state index is 0.0499. The Hall–Kier alpha value is -2.74. The standard InChI is InChI=1S/C18H16BrN5O2/c19-13-5-8-16(26)24(9-13)10-15(25)20-14-6-3-12(4-7-14)18-21-17(22-23-18)11-1-2-11/h3-9,11H,1-2,10H2,(H,20,25)(H,21,22,23). The fraction of sp³-hybridized carbons (Fsp3) is 0.222. The molecule has 2 heterocycles. The number of aromatic nitrogens is 4. The molecule has 0 spiro atoms. The van der Waals surface area contributed by atoms with Gasteiger partial charge < -0.3 is 9.88 Å². The number of nitrogens with zero attached hydrogens (tertiary/aromatic N) is 3. The van der Waals surface area contributed by atoms with Crippen LogP contribution in [0.1, 0.15) is 24.6 Å². The molecular weight excluding hydrogens is 398 g/mol. The first-order valence-electron chi connectivity index (χ1n) is 8.27. The van der Waals surface area contributed by atoms with Gasteiger partial charge in [-0.3, -0.25) is 14.7 Å². The predicted octanol–water partition coefficient (Wildman–Crippen LogP) is 2.91. The van der Waals surface area contributed by atoms with Crippen molar-refractivity contribution in [3.63, 3.8) is 0 Å². The highest BCUT2D eigenvalue weighted by molar-refractivity contribution is 9.10. The Morgan fingerprint density at radius 1 is 1.23 bits per heavy atom. The van der Waals surface area contributed by atoms with Crippen LogP contribution in [0.25, 0.3) is 11.4 Å². The van der Waals surface area contributed by atoms with Crippen LogP contribution in [0, 0.1) is 0 Å². The van der Waals surface area contributed by atoms with E-state index >= 15 is 0 Å². The van der Waals surface area contributed by atoms with Crippen molar-refractivity contribution < 1.29 is 4.79 Å². The third-order valence-corrected chi connectivity index (χ3v) is 4.62. The number of rotatable bonds is 5. The van der Waals surface area contributed by atoms with Crippen LogP contribution in [0.2, 0.25) is 0 Å². The van der Waals surface area contributed by atoms with E-state index < -0.39 is 0 Å². The summed E-state index contributed by atoms with van der Waals surface area (Å²) >= 11 is 3.29. The van der Waals surface area contributed by atoms with Gasteiger partial charge in [0.15, 0.2) is 5.82 Å². The molecule has 2 N–H and O–H groups in total. The van der Waals surface area contributed by atoms with Gasteiger partial charge >= 0.3 is 0 Å². The second-order valence-electron chi connectivity index (χ2n) is 6.26. The summed E-state index contributed by atoms with van der Waals surface area (Å²) in [4.78, 5) is 28.4. The van der Waals surface area contributed by atoms with Crippen molar-refractivity contribution >= 4 is 27.5 Å². The van der Waals surface area contributed by atoms with Crippen LogP contribution in [0.4, 0.5) is 5.69 Å². The molecule has 1 aromatic carbocycles. The lowest BCUT2D eigenvalue weighted by atomic mass is 10.2. The Balaban J connectivity index is 1.42. The second-order valence-corrected chi connectivity index (χ2v) is 7.17. The van der Waals surface area contributed by atoms with Crippen LogP contribution >= 0.6 is 15.9 Å². The van der Waals surface area contributed by atoms with E-state index in [2.05, 4.69) is 36.4 Å². The first-order valence-corrected chi connectivity index (χ1v) is 9.06. The Morgan fingerprint density at radius 3 is 2.73 bits per heavy atom. The fourth-order valence-electron chi connectivity index (χ4n) is 2.63. The number of hydrogen-bond acceptors (Lipinski definition) is 4. The van der Waals surface area contributed by atoms with E-state index in [1.165, 1.54) is 23.5 Å². The van der Waals surface area contributed by atoms with Gasteiger partial charge in [-0.25, -0.2) is 4.98 Å². The van der Waals surface area contributed by atoms with Gasteiger partial charge in [-0.05, 0) is 59.1 Å². The molecule has 8 heteroatoms. The molecule has 0 bridgehead atoms. The molecule has 2 aromatic heterocycles. The molecule has 1 saturated carbocycles. The van der Waals surface area contributed by atoms with Crippen molar-refractivity contribution in [3.8, 4) is 11.4 Å². The number of carbonyl (C=O) groups is 1. The van der Waals surface area contributed by atoms with Gasteiger partial charge in [0.25, 0.3) is 5.56 Å². The summed E-state index contributed by atoms with van der Waals surface area (Å²) in [6.45, 7) is -0.0499. The summed E-state index contributed by atoms with van der Waals surface area (Å²) in [5.41, 5.74) is 1.31. The minimum atomic E-state index is -0.271. The number of carbonyl (C=O) groups excluding carboxylic acids is 1. The highest BCUT2D eigenvalue weighted by atomic mass is 79.9. The summed E-state index contributed by atoms with van der Waals surface area (Å²) < 4.78 is 2.09. The SMILES string of the molecule is O=C(Cn1cc(Br)ccc1=O)Nc1ccc(-c2n[nH]c(C3CC3)n2)cc1. The molecule has 0 radical (unpaired) electrons. The molecule has 1 aliphatic rings. The van der Waals surface area contributed by atoms with Crippen LogP contribution in [-0.4, -0.2) is 25.7 Å². The van der Waals surface area contributed by atoms with Crippen LogP contribution < -0.4 is 10.9 Å². The Morgan fingerprint density at radius 2 is 2.00 bits per heavy atom. The van der Waals surface area contributed by atoms with E-state index in [1.807, 2.05) is 12.1 Å². The summed E-state index contributed by atoms with van der Waals surface area (Å²) in [5, 5.41) is 10.0. The Bertz CT molecular complexity index is 1000. The largest absolute Gasteiger partial charge is 0.325 e. The topological polar surface area (TPSA) is 92.7 Å². The minimum Gasteiger partial charge on any atom is -0.325 e. The van der Waals surface area contributed by atoms with Gasteiger partial charge in [0.2, 0.25) is 5.91 Å². The number of amides is 1. The second kappa shape index (κ2) is 6.87. The molecule has 1 fully saturated rings. The van der Waals surface area contributed by atoms with E-state index in [9.17, 15) is 9.59 Å². The van der Waals surface area contributed by atoms with Crippen molar-refractivity contribution in [1.82, 2.24) is 19.7 Å². The number of H-pyrrole nitrogens is 1. The average Bonchev–Trinajstić information content (AvgIpc) is 3.36. The van der Waals surface area contributed by atoms with Gasteiger partial charge in [0.05, 0.1) is 0 Å². The van der Waals surface area contributed by atoms with Gasteiger partial charge in [0, 0.05) is 33.9 Å². The quantitative estimate of drug-likeness (QED) is 0.672. The van der Waals surface area contributed by atoms with Gasteiger partial charge in [-0.1, -0.05) is 0 Å². The van der Waals surface area contributed by atoms with E-state index in [0.29, 0.717) is 17.4 Å². The molecule has 7 nitrogen and oxygen atoms in total. The Kier molecular flexibility index (Phi) is 4.42. The Labute approximate surface area is 157 Å². The zero-order valence-electron chi connectivity index (χ0n) is 13.8. The monoisotopic (exact) mass is 413 g/mol. The molecule has 0 saturated heterocycles. The highest BCUT2D eigenvalue weighted by Crippen LogP contribution is 2.38. The lowest BCUT2D eigenvalue weighted by Crippen LogP contribution is -2.26. The molecular formula is C18H16BrN5O2. The third kappa shape index (κ3) is 3.75. The smallest absolute Gasteiger partial charge is 0.251 e. The van der Waals surface area contributed by atoms with Crippen LogP contribution in [-0.2, 0) is 11.3 Å². The number of benzene rings is 1. The van der Waals surface area contributed by atoms with E-state index in [-0.39, 0.29) is 18.0 Å². The number of halogens is 1.